The number of piperidine rings is 1. The Labute approximate surface area is 180 Å². The normalized spacial score (nSPS) is 18.8. The molecule has 2 aromatic carbocycles. The maximum Gasteiger partial charge on any atom is 0.256 e. The lowest BCUT2D eigenvalue weighted by Crippen LogP contribution is -2.49. The van der Waals surface area contributed by atoms with Crippen LogP contribution in [0.1, 0.15) is 30.1 Å². The third kappa shape index (κ3) is 3.74. The molecule has 2 aromatic heterocycles. The molecule has 1 amide bonds. The molecule has 7 nitrogen and oxygen atoms in total. The van der Waals surface area contributed by atoms with Crippen molar-refractivity contribution in [2.75, 3.05) is 6.54 Å². The second-order valence-electron chi connectivity index (χ2n) is 7.81. The molecule has 0 aliphatic carbocycles. The number of hydrogen-bond acceptors (Lipinski definition) is 5. The molecule has 0 unspecified atom stereocenters. The molecular weight excluding hydrogens is 390 g/mol. The van der Waals surface area contributed by atoms with Crippen molar-refractivity contribution in [1.29, 1.82) is 0 Å². The largest absolute Gasteiger partial charge is 0.488 e. The zero-order chi connectivity index (χ0) is 21.2. The van der Waals surface area contributed by atoms with E-state index in [0.717, 1.165) is 29.4 Å². The van der Waals surface area contributed by atoms with Gasteiger partial charge in [0, 0.05) is 23.8 Å². The zero-order valence-corrected chi connectivity index (χ0v) is 17.3. The van der Waals surface area contributed by atoms with Gasteiger partial charge in [0.1, 0.15) is 11.9 Å². The van der Waals surface area contributed by atoms with E-state index in [1.54, 1.807) is 18.6 Å². The summed E-state index contributed by atoms with van der Waals surface area (Å²) in [6, 6.07) is 15.5. The summed E-state index contributed by atoms with van der Waals surface area (Å²) in [5.74, 6) is 0.770. The lowest BCUT2D eigenvalue weighted by Gasteiger charge is -2.38. The summed E-state index contributed by atoms with van der Waals surface area (Å²) >= 11 is 0. The van der Waals surface area contributed by atoms with E-state index in [-0.39, 0.29) is 18.1 Å². The van der Waals surface area contributed by atoms with Crippen molar-refractivity contribution in [2.24, 2.45) is 0 Å². The monoisotopic (exact) mass is 413 g/mol. The highest BCUT2D eigenvalue weighted by atomic mass is 16.5. The average molecular weight is 413 g/mol. The molecule has 1 fully saturated rings. The number of ether oxygens (including phenoxy) is 1. The van der Waals surface area contributed by atoms with Crippen molar-refractivity contribution in [2.45, 2.75) is 31.9 Å². The second kappa shape index (κ2) is 8.18. The predicted octanol–water partition coefficient (Wildman–Crippen LogP) is 3.89. The fourth-order valence-electron chi connectivity index (χ4n) is 4.14. The number of rotatable bonds is 4. The minimum Gasteiger partial charge on any atom is -0.488 e. The lowest BCUT2D eigenvalue weighted by molar-refractivity contribution is 0.0388. The van der Waals surface area contributed by atoms with E-state index in [2.05, 4.69) is 22.1 Å². The van der Waals surface area contributed by atoms with Gasteiger partial charge in [0.2, 0.25) is 0 Å². The van der Waals surface area contributed by atoms with Crippen LogP contribution in [0.4, 0.5) is 0 Å². The van der Waals surface area contributed by atoms with E-state index < -0.39 is 0 Å². The van der Waals surface area contributed by atoms with E-state index in [1.165, 1.54) is 4.80 Å². The van der Waals surface area contributed by atoms with Crippen LogP contribution < -0.4 is 4.74 Å². The lowest BCUT2D eigenvalue weighted by atomic mass is 9.99. The maximum atomic E-state index is 13.5. The maximum absolute atomic E-state index is 13.5. The summed E-state index contributed by atoms with van der Waals surface area (Å²) < 4.78 is 6.37. The number of pyridine rings is 1. The van der Waals surface area contributed by atoms with Gasteiger partial charge in [0.05, 0.1) is 30.2 Å². The minimum atomic E-state index is -0.0825. The van der Waals surface area contributed by atoms with Gasteiger partial charge in [-0.2, -0.15) is 15.0 Å². The Morgan fingerprint density at radius 2 is 1.84 bits per heavy atom. The summed E-state index contributed by atoms with van der Waals surface area (Å²) in [4.78, 5) is 21.2. The Morgan fingerprint density at radius 3 is 2.71 bits per heavy atom. The number of amides is 1. The quantitative estimate of drug-likeness (QED) is 0.508. The van der Waals surface area contributed by atoms with Gasteiger partial charge in [-0.15, -0.1) is 0 Å². The molecule has 5 rings (SSSR count). The van der Waals surface area contributed by atoms with Gasteiger partial charge >= 0.3 is 0 Å². The predicted molar refractivity (Wildman–Crippen MR) is 117 cm³/mol. The van der Waals surface area contributed by atoms with Crippen molar-refractivity contribution in [3.05, 3.63) is 78.9 Å². The number of para-hydroxylation sites is 1. The Morgan fingerprint density at radius 1 is 1.00 bits per heavy atom. The minimum absolute atomic E-state index is 0.0340. The number of aromatic nitrogens is 4. The number of carbonyl (C=O) groups is 1. The molecule has 0 bridgehead atoms. The third-order valence-electron chi connectivity index (χ3n) is 5.81. The van der Waals surface area contributed by atoms with Crippen LogP contribution in [0.15, 0.2) is 73.3 Å². The molecule has 0 N–H and O–H groups in total. The topological polar surface area (TPSA) is 73.1 Å². The third-order valence-corrected chi connectivity index (χ3v) is 5.81. The van der Waals surface area contributed by atoms with E-state index in [4.69, 9.17) is 4.74 Å². The van der Waals surface area contributed by atoms with Crippen LogP contribution in [0.2, 0.25) is 0 Å². The Hall–Kier alpha value is -3.74. The molecule has 1 saturated heterocycles. The number of fused-ring (bicyclic) bond motifs is 1. The van der Waals surface area contributed by atoms with Crippen LogP contribution in [0.3, 0.4) is 0 Å². The first kappa shape index (κ1) is 19.2. The van der Waals surface area contributed by atoms with Gasteiger partial charge in [-0.1, -0.05) is 24.3 Å². The second-order valence-corrected chi connectivity index (χ2v) is 7.81. The van der Waals surface area contributed by atoms with Crippen molar-refractivity contribution >= 4 is 16.7 Å². The summed E-state index contributed by atoms with van der Waals surface area (Å²) in [5.41, 5.74) is 1.26. The molecule has 0 radical (unpaired) electrons. The van der Waals surface area contributed by atoms with E-state index >= 15 is 0 Å². The number of nitrogens with zero attached hydrogens (tertiary/aromatic N) is 5. The molecule has 4 aromatic rings. The Kier molecular flexibility index (Phi) is 5.08. The fraction of sp³-hybridized carbons (Fsp3) is 0.250. The highest BCUT2D eigenvalue weighted by Crippen LogP contribution is 2.29. The van der Waals surface area contributed by atoms with Crippen LogP contribution in [0, 0.1) is 0 Å². The van der Waals surface area contributed by atoms with Gasteiger partial charge < -0.3 is 9.64 Å². The fourth-order valence-corrected chi connectivity index (χ4v) is 4.14. The number of carbonyl (C=O) groups excluding carboxylic acids is 1. The molecule has 2 atom stereocenters. The van der Waals surface area contributed by atoms with Crippen LogP contribution in [0.25, 0.3) is 16.5 Å². The van der Waals surface area contributed by atoms with Crippen LogP contribution in [-0.2, 0) is 0 Å². The summed E-state index contributed by atoms with van der Waals surface area (Å²) in [7, 11) is 0. The molecule has 0 spiro atoms. The molecule has 1 aliphatic rings. The average Bonchev–Trinajstić information content (AvgIpc) is 3.35. The van der Waals surface area contributed by atoms with Crippen molar-refractivity contribution < 1.29 is 9.53 Å². The molecule has 7 heteroatoms. The first-order chi connectivity index (χ1) is 15.2. The van der Waals surface area contributed by atoms with Gasteiger partial charge in [0.25, 0.3) is 5.91 Å². The number of hydrogen-bond donors (Lipinski definition) is 0. The molecule has 1 aliphatic heterocycles. The van der Waals surface area contributed by atoms with Gasteiger partial charge in [-0.25, -0.2) is 0 Å². The summed E-state index contributed by atoms with van der Waals surface area (Å²) in [6.07, 6.45) is 8.50. The number of benzene rings is 2. The van der Waals surface area contributed by atoms with E-state index in [1.807, 2.05) is 59.6 Å². The summed E-state index contributed by atoms with van der Waals surface area (Å²) in [5, 5.41) is 10.5. The van der Waals surface area contributed by atoms with Crippen LogP contribution in [0.5, 0.6) is 5.75 Å². The Bertz CT molecular complexity index is 1200. The van der Waals surface area contributed by atoms with Crippen molar-refractivity contribution in [3.8, 4) is 11.4 Å². The highest BCUT2D eigenvalue weighted by molar-refractivity contribution is 5.98. The zero-order valence-electron chi connectivity index (χ0n) is 17.3. The molecule has 3 heterocycles. The molecule has 156 valence electrons. The van der Waals surface area contributed by atoms with Gasteiger partial charge in [-0.3, -0.25) is 9.78 Å². The van der Waals surface area contributed by atoms with E-state index in [0.29, 0.717) is 17.8 Å². The molecular formula is C24H23N5O2. The van der Waals surface area contributed by atoms with Crippen molar-refractivity contribution in [3.63, 3.8) is 0 Å². The van der Waals surface area contributed by atoms with Crippen LogP contribution in [-0.4, -0.2) is 49.5 Å². The van der Waals surface area contributed by atoms with Crippen molar-refractivity contribution in [1.82, 2.24) is 24.9 Å². The van der Waals surface area contributed by atoms with Gasteiger partial charge in [-0.05, 0) is 49.4 Å². The van der Waals surface area contributed by atoms with E-state index in [9.17, 15) is 4.79 Å². The standard InChI is InChI=1S/C24H23N5O2/c1-17-9-10-19(31-23-8-4-5-18-11-12-25-15-21(18)23)16-28(17)24(30)20-6-2-3-7-22(20)29-26-13-14-27-29/h2-8,11-15,17,19H,9-10,16H2,1H3/t17-,19-/m1/s1. The molecule has 0 saturated carbocycles. The SMILES string of the molecule is C[C@@H]1CC[C@@H](Oc2cccc3ccncc23)CN1C(=O)c1ccccc1-n1nccn1. The highest BCUT2D eigenvalue weighted by Gasteiger charge is 2.32. The summed E-state index contributed by atoms with van der Waals surface area (Å²) in [6.45, 7) is 2.61. The first-order valence-electron chi connectivity index (χ1n) is 10.5. The number of likely N-dealkylation sites (tertiary alicyclic amines) is 1. The smallest absolute Gasteiger partial charge is 0.256 e. The Balaban J connectivity index is 1.40. The first-order valence-corrected chi connectivity index (χ1v) is 10.5. The molecule has 31 heavy (non-hydrogen) atoms. The van der Waals surface area contributed by atoms with Gasteiger partial charge in [0.15, 0.2) is 0 Å². The van der Waals surface area contributed by atoms with Crippen LogP contribution >= 0.6 is 0 Å².